The van der Waals surface area contributed by atoms with Crippen LogP contribution in [0.4, 0.5) is 0 Å². The molecule has 23 heavy (non-hydrogen) atoms. The number of ether oxygens (including phenoxy) is 2. The number of thiocarbonyl (C=S) groups is 1. The second-order valence-electron chi connectivity index (χ2n) is 4.83. The van der Waals surface area contributed by atoms with Crippen molar-refractivity contribution in [2.45, 2.75) is 6.54 Å². The van der Waals surface area contributed by atoms with Crippen molar-refractivity contribution in [2.75, 3.05) is 6.79 Å². The molecule has 0 amide bonds. The van der Waals surface area contributed by atoms with Gasteiger partial charge in [0.2, 0.25) is 6.79 Å². The van der Waals surface area contributed by atoms with Crippen molar-refractivity contribution in [3.8, 4) is 17.2 Å². The molecule has 1 aliphatic rings. The molecule has 7 heteroatoms. The number of rotatable bonds is 4. The minimum Gasteiger partial charge on any atom is -0.508 e. The van der Waals surface area contributed by atoms with Crippen molar-refractivity contribution >= 4 is 23.5 Å². The van der Waals surface area contributed by atoms with Crippen molar-refractivity contribution in [1.29, 1.82) is 0 Å². The second-order valence-corrected chi connectivity index (χ2v) is 5.24. The van der Waals surface area contributed by atoms with E-state index in [1.807, 2.05) is 18.2 Å². The summed E-state index contributed by atoms with van der Waals surface area (Å²) < 4.78 is 10.6. The van der Waals surface area contributed by atoms with E-state index in [4.69, 9.17) is 21.7 Å². The number of nitrogens with zero attached hydrogens (tertiary/aromatic N) is 1. The number of hydrogen-bond donors (Lipinski definition) is 3. The molecule has 0 atom stereocenters. The zero-order valence-electron chi connectivity index (χ0n) is 12.2. The Kier molecular flexibility index (Phi) is 4.58. The number of fused-ring (bicyclic) bond motifs is 1. The molecule has 1 heterocycles. The number of benzene rings is 2. The molecule has 2 aromatic carbocycles. The van der Waals surface area contributed by atoms with E-state index in [0.717, 1.165) is 22.6 Å². The molecule has 0 unspecified atom stereocenters. The van der Waals surface area contributed by atoms with E-state index in [-0.39, 0.29) is 12.5 Å². The Balaban J connectivity index is 1.47. The summed E-state index contributed by atoms with van der Waals surface area (Å²) in [6, 6.07) is 12.4. The van der Waals surface area contributed by atoms with E-state index in [1.54, 1.807) is 30.5 Å². The number of hydrogen-bond acceptors (Lipinski definition) is 5. The number of phenolic OH excluding ortho intramolecular Hbond substituents is 1. The minimum absolute atomic E-state index is 0.219. The van der Waals surface area contributed by atoms with Gasteiger partial charge in [0.05, 0.1) is 6.21 Å². The molecule has 0 aromatic heterocycles. The first-order valence-corrected chi connectivity index (χ1v) is 7.36. The van der Waals surface area contributed by atoms with Crippen LogP contribution in [0.2, 0.25) is 0 Å². The molecular formula is C16H15N3O3S. The smallest absolute Gasteiger partial charge is 0.231 e. The summed E-state index contributed by atoms with van der Waals surface area (Å²) in [4.78, 5) is 0. The van der Waals surface area contributed by atoms with Crippen LogP contribution in [-0.2, 0) is 6.54 Å². The van der Waals surface area contributed by atoms with Gasteiger partial charge in [0.25, 0.3) is 0 Å². The van der Waals surface area contributed by atoms with Crippen LogP contribution < -0.4 is 20.2 Å². The van der Waals surface area contributed by atoms with Gasteiger partial charge in [-0.15, -0.1) is 0 Å². The number of phenols is 1. The number of nitrogens with one attached hydrogen (secondary N) is 2. The fourth-order valence-corrected chi connectivity index (χ4v) is 2.12. The summed E-state index contributed by atoms with van der Waals surface area (Å²) >= 11 is 5.16. The highest BCUT2D eigenvalue weighted by molar-refractivity contribution is 7.80. The molecule has 1 aliphatic heterocycles. The van der Waals surface area contributed by atoms with E-state index < -0.39 is 0 Å². The Bertz CT molecular complexity index is 732. The van der Waals surface area contributed by atoms with Gasteiger partial charge in [-0.05, 0) is 59.7 Å². The first kappa shape index (κ1) is 15.1. The van der Waals surface area contributed by atoms with Crippen LogP contribution in [0.1, 0.15) is 11.1 Å². The highest BCUT2D eigenvalue weighted by atomic mass is 32.1. The zero-order valence-corrected chi connectivity index (χ0v) is 13.0. The van der Waals surface area contributed by atoms with Crippen LogP contribution in [0.25, 0.3) is 0 Å². The van der Waals surface area contributed by atoms with Gasteiger partial charge in [-0.1, -0.05) is 6.07 Å². The zero-order chi connectivity index (χ0) is 16.1. The van der Waals surface area contributed by atoms with Gasteiger partial charge < -0.3 is 19.9 Å². The SMILES string of the molecule is Oc1ccc(/C=N/NC(=S)NCc2ccc3c(c2)OCO3)cc1. The standard InChI is InChI=1S/C16H15N3O3S/c20-13-4-1-11(2-5-13)9-18-19-16(23)17-8-12-3-6-14-15(7-12)22-10-21-14/h1-7,9,20H,8,10H2,(H2,17,19,23)/b18-9+. The topological polar surface area (TPSA) is 75.1 Å². The Morgan fingerprint density at radius 1 is 1.17 bits per heavy atom. The van der Waals surface area contributed by atoms with Crippen LogP contribution in [0.15, 0.2) is 47.6 Å². The lowest BCUT2D eigenvalue weighted by Crippen LogP contribution is -2.31. The van der Waals surface area contributed by atoms with Crippen LogP contribution in [0.3, 0.4) is 0 Å². The van der Waals surface area contributed by atoms with E-state index >= 15 is 0 Å². The van der Waals surface area contributed by atoms with Crippen LogP contribution in [0, 0.1) is 0 Å². The Labute approximate surface area is 138 Å². The molecule has 0 radical (unpaired) electrons. The minimum atomic E-state index is 0.219. The van der Waals surface area contributed by atoms with E-state index in [9.17, 15) is 5.11 Å². The van der Waals surface area contributed by atoms with Crippen molar-refractivity contribution in [2.24, 2.45) is 5.10 Å². The summed E-state index contributed by atoms with van der Waals surface area (Å²) in [5, 5.41) is 16.7. The van der Waals surface area contributed by atoms with Crippen LogP contribution >= 0.6 is 12.2 Å². The second kappa shape index (κ2) is 6.97. The molecule has 0 bridgehead atoms. The fourth-order valence-electron chi connectivity index (χ4n) is 2.00. The molecule has 0 fully saturated rings. The van der Waals surface area contributed by atoms with Gasteiger partial charge >= 0.3 is 0 Å². The predicted octanol–water partition coefficient (Wildman–Crippen LogP) is 2.12. The maximum Gasteiger partial charge on any atom is 0.231 e. The van der Waals surface area contributed by atoms with Crippen molar-refractivity contribution in [3.63, 3.8) is 0 Å². The summed E-state index contributed by atoms with van der Waals surface area (Å²) in [5.74, 6) is 1.72. The first-order chi connectivity index (χ1) is 11.2. The lowest BCUT2D eigenvalue weighted by atomic mass is 10.2. The highest BCUT2D eigenvalue weighted by Gasteiger charge is 2.12. The predicted molar refractivity (Wildman–Crippen MR) is 90.8 cm³/mol. The molecule has 6 nitrogen and oxygen atoms in total. The molecular weight excluding hydrogens is 314 g/mol. The highest BCUT2D eigenvalue weighted by Crippen LogP contribution is 2.32. The lowest BCUT2D eigenvalue weighted by molar-refractivity contribution is 0.174. The average Bonchev–Trinajstić information content (AvgIpc) is 3.02. The summed E-state index contributed by atoms with van der Waals surface area (Å²) in [7, 11) is 0. The third-order valence-electron chi connectivity index (χ3n) is 3.16. The molecule has 0 spiro atoms. The van der Waals surface area contributed by atoms with E-state index in [2.05, 4.69) is 15.8 Å². The first-order valence-electron chi connectivity index (χ1n) is 6.95. The van der Waals surface area contributed by atoms with Crippen molar-refractivity contribution in [3.05, 3.63) is 53.6 Å². The third kappa shape index (κ3) is 4.10. The number of hydrazone groups is 1. The van der Waals surface area contributed by atoms with Crippen LogP contribution in [-0.4, -0.2) is 23.2 Å². The molecule has 3 N–H and O–H groups in total. The largest absolute Gasteiger partial charge is 0.508 e. The van der Waals surface area contributed by atoms with Crippen molar-refractivity contribution in [1.82, 2.24) is 10.7 Å². The van der Waals surface area contributed by atoms with Gasteiger partial charge in [-0.2, -0.15) is 5.10 Å². The van der Waals surface area contributed by atoms with Crippen LogP contribution in [0.5, 0.6) is 17.2 Å². The molecule has 0 saturated heterocycles. The fraction of sp³-hybridized carbons (Fsp3) is 0.125. The summed E-state index contributed by atoms with van der Waals surface area (Å²) in [6.07, 6.45) is 1.62. The van der Waals surface area contributed by atoms with E-state index in [0.29, 0.717) is 11.7 Å². The Morgan fingerprint density at radius 3 is 2.78 bits per heavy atom. The van der Waals surface area contributed by atoms with Gasteiger partial charge in [-0.3, -0.25) is 5.43 Å². The quantitative estimate of drug-likeness (QED) is 0.453. The maximum absolute atomic E-state index is 9.20. The summed E-state index contributed by atoms with van der Waals surface area (Å²) in [5.41, 5.74) is 4.62. The van der Waals surface area contributed by atoms with Gasteiger partial charge in [0.15, 0.2) is 16.6 Å². The van der Waals surface area contributed by atoms with Gasteiger partial charge in [0.1, 0.15) is 5.75 Å². The lowest BCUT2D eigenvalue weighted by Gasteiger charge is -2.07. The Morgan fingerprint density at radius 2 is 1.96 bits per heavy atom. The van der Waals surface area contributed by atoms with E-state index in [1.165, 1.54) is 0 Å². The third-order valence-corrected chi connectivity index (χ3v) is 3.40. The molecule has 0 saturated carbocycles. The monoisotopic (exact) mass is 329 g/mol. The summed E-state index contributed by atoms with van der Waals surface area (Å²) in [6.45, 7) is 0.815. The molecule has 3 rings (SSSR count). The van der Waals surface area contributed by atoms with Gasteiger partial charge in [-0.25, -0.2) is 0 Å². The normalized spacial score (nSPS) is 12.3. The average molecular weight is 329 g/mol. The van der Waals surface area contributed by atoms with Crippen molar-refractivity contribution < 1.29 is 14.6 Å². The molecule has 118 valence electrons. The van der Waals surface area contributed by atoms with Gasteiger partial charge in [0, 0.05) is 6.54 Å². The molecule has 0 aliphatic carbocycles. The Hall–Kier alpha value is -2.80. The maximum atomic E-state index is 9.20. The number of aromatic hydroxyl groups is 1. The molecule has 2 aromatic rings.